The van der Waals surface area contributed by atoms with Gasteiger partial charge in [-0.3, -0.25) is 14.4 Å². The molecule has 1 amide bonds. The molecule has 0 fully saturated rings. The third-order valence-corrected chi connectivity index (χ3v) is 6.80. The standard InChI is InChI=1S/C20H30N2O5.C12H15NO3.C9H10O3/c1-20(2,3)27-19(24)21-12-8-14-26-17-10-7-9-16(25-6)18(17)15(23)11-13-22(4)5;1-13(2)8-7-10(15)12-9(14)5-4-6-11(12)16-3;1-6(10)9-7(11)4-3-5-8(9)12-2/h7,9-11,13H,8,12,14H2,1-6H3,(H,21,24);4-8,14H,1-3H3;3-5,11H,1-2H3/b13-11+;8-7+;. The van der Waals surface area contributed by atoms with Gasteiger partial charge < -0.3 is 49.0 Å². The Balaban J connectivity index is 0.000000455. The Hall–Kier alpha value is -6.18. The van der Waals surface area contributed by atoms with E-state index in [-0.39, 0.29) is 40.0 Å². The summed E-state index contributed by atoms with van der Waals surface area (Å²) in [5.74, 6) is 0.856. The van der Waals surface area contributed by atoms with Crippen molar-refractivity contribution in [3.63, 3.8) is 0 Å². The van der Waals surface area contributed by atoms with Crippen LogP contribution in [0.2, 0.25) is 0 Å². The molecular formula is C41H55N3O11. The number of hydrogen-bond acceptors (Lipinski definition) is 13. The molecule has 3 aromatic carbocycles. The van der Waals surface area contributed by atoms with E-state index >= 15 is 0 Å². The molecule has 0 saturated carbocycles. The van der Waals surface area contributed by atoms with Crippen LogP contribution < -0.4 is 24.3 Å². The second-order valence-corrected chi connectivity index (χ2v) is 13.0. The van der Waals surface area contributed by atoms with Crippen molar-refractivity contribution in [3.8, 4) is 34.5 Å². The second-order valence-electron chi connectivity index (χ2n) is 13.0. The first-order valence-corrected chi connectivity index (χ1v) is 17.1. The van der Waals surface area contributed by atoms with Crippen LogP contribution in [-0.2, 0) is 4.74 Å². The normalized spacial score (nSPS) is 10.6. The lowest BCUT2D eigenvalue weighted by Crippen LogP contribution is -2.33. The lowest BCUT2D eigenvalue weighted by molar-refractivity contribution is 0.0525. The summed E-state index contributed by atoms with van der Waals surface area (Å²) in [7, 11) is 11.7. The maximum Gasteiger partial charge on any atom is 0.407 e. The Kier molecular flexibility index (Phi) is 20.0. The largest absolute Gasteiger partial charge is 0.507 e. The SMILES string of the molecule is COc1cccc(O)c1C(=O)/C=C/N(C)C.COc1cccc(O)c1C(C)=O.COc1cccc(OCCCNC(=O)OC(C)(C)C)c1C(=O)/C=C/N(C)C. The Morgan fingerprint density at radius 1 is 0.673 bits per heavy atom. The molecule has 0 atom stereocenters. The molecule has 0 heterocycles. The fourth-order valence-corrected chi connectivity index (χ4v) is 4.38. The van der Waals surface area contributed by atoms with Gasteiger partial charge in [-0.25, -0.2) is 4.79 Å². The van der Waals surface area contributed by atoms with Gasteiger partial charge in [0.25, 0.3) is 0 Å². The van der Waals surface area contributed by atoms with E-state index in [1.165, 1.54) is 52.5 Å². The van der Waals surface area contributed by atoms with E-state index in [0.29, 0.717) is 48.1 Å². The van der Waals surface area contributed by atoms with Crippen molar-refractivity contribution in [2.45, 2.75) is 39.7 Å². The van der Waals surface area contributed by atoms with Gasteiger partial charge in [-0.1, -0.05) is 18.2 Å². The molecule has 0 bridgehead atoms. The summed E-state index contributed by atoms with van der Waals surface area (Å²) in [6, 6.07) is 14.6. The van der Waals surface area contributed by atoms with Gasteiger partial charge in [-0.2, -0.15) is 0 Å². The Bertz CT molecular complexity index is 1780. The maximum atomic E-state index is 12.5. The molecule has 300 valence electrons. The number of alkyl carbamates (subject to hydrolysis) is 1. The molecule has 14 heteroatoms. The molecule has 0 aliphatic carbocycles. The molecule has 3 N–H and O–H groups in total. The summed E-state index contributed by atoms with van der Waals surface area (Å²) < 4.78 is 26.1. The molecule has 0 spiro atoms. The molecule has 3 rings (SSSR count). The van der Waals surface area contributed by atoms with Crippen molar-refractivity contribution in [2.24, 2.45) is 0 Å². The predicted octanol–water partition coefficient (Wildman–Crippen LogP) is 6.51. The van der Waals surface area contributed by atoms with Gasteiger partial charge >= 0.3 is 6.09 Å². The number of allylic oxidation sites excluding steroid dienone is 2. The van der Waals surface area contributed by atoms with Gasteiger partial charge in [-0.15, -0.1) is 0 Å². The van der Waals surface area contributed by atoms with Crippen molar-refractivity contribution in [1.29, 1.82) is 0 Å². The number of aromatic hydroxyl groups is 2. The number of phenols is 2. The zero-order valence-corrected chi connectivity index (χ0v) is 33.6. The minimum Gasteiger partial charge on any atom is -0.507 e. The van der Waals surface area contributed by atoms with Crippen LogP contribution in [0.15, 0.2) is 79.1 Å². The first-order chi connectivity index (χ1) is 25.9. The van der Waals surface area contributed by atoms with Crippen LogP contribution in [0.25, 0.3) is 0 Å². The number of Topliss-reactive ketones (excluding diaryl/α,β-unsaturated/α-hetero) is 1. The van der Waals surface area contributed by atoms with E-state index in [1.54, 1.807) is 64.7 Å². The third kappa shape index (κ3) is 17.0. The van der Waals surface area contributed by atoms with Crippen molar-refractivity contribution in [3.05, 3.63) is 95.8 Å². The predicted molar refractivity (Wildman–Crippen MR) is 211 cm³/mol. The molecule has 0 aliphatic heterocycles. The Morgan fingerprint density at radius 2 is 1.09 bits per heavy atom. The number of carbonyl (C=O) groups excluding carboxylic acids is 4. The minimum atomic E-state index is -0.531. The highest BCUT2D eigenvalue weighted by Gasteiger charge is 2.18. The van der Waals surface area contributed by atoms with Crippen molar-refractivity contribution in [2.75, 3.05) is 62.7 Å². The van der Waals surface area contributed by atoms with Crippen LogP contribution >= 0.6 is 0 Å². The first-order valence-electron chi connectivity index (χ1n) is 17.1. The number of ether oxygens (including phenoxy) is 5. The molecular weight excluding hydrogens is 710 g/mol. The van der Waals surface area contributed by atoms with Crippen LogP contribution in [0.4, 0.5) is 4.79 Å². The van der Waals surface area contributed by atoms with E-state index in [0.717, 1.165) is 0 Å². The zero-order chi connectivity index (χ0) is 41.7. The van der Waals surface area contributed by atoms with Gasteiger partial charge in [0, 0.05) is 59.3 Å². The smallest absolute Gasteiger partial charge is 0.407 e. The van der Waals surface area contributed by atoms with E-state index in [2.05, 4.69) is 5.32 Å². The highest BCUT2D eigenvalue weighted by atomic mass is 16.6. The number of methoxy groups -OCH3 is 3. The van der Waals surface area contributed by atoms with Gasteiger partial charge in [-0.05, 0) is 70.5 Å². The molecule has 0 radical (unpaired) electrons. The topological polar surface area (TPSA) is 173 Å². The average Bonchev–Trinajstić information content (AvgIpc) is 3.11. The van der Waals surface area contributed by atoms with E-state index < -0.39 is 11.7 Å². The van der Waals surface area contributed by atoms with Crippen LogP contribution in [0.1, 0.15) is 65.2 Å². The van der Waals surface area contributed by atoms with Crippen LogP contribution in [-0.4, -0.2) is 112 Å². The Labute approximate surface area is 323 Å². The molecule has 3 aromatic rings. The summed E-state index contributed by atoms with van der Waals surface area (Å²) in [6.45, 7) is 7.55. The average molecular weight is 766 g/mol. The Morgan fingerprint density at radius 3 is 1.53 bits per heavy atom. The lowest BCUT2D eigenvalue weighted by atomic mass is 10.1. The second kappa shape index (κ2) is 23.5. The first kappa shape index (κ1) is 46.8. The fourth-order valence-electron chi connectivity index (χ4n) is 4.38. The number of amides is 1. The summed E-state index contributed by atoms with van der Waals surface area (Å²) in [4.78, 5) is 50.4. The van der Waals surface area contributed by atoms with Crippen molar-refractivity contribution >= 4 is 23.4 Å². The molecule has 0 saturated heterocycles. The highest BCUT2D eigenvalue weighted by molar-refractivity contribution is 6.09. The number of hydrogen-bond donors (Lipinski definition) is 3. The number of carbonyl (C=O) groups is 4. The third-order valence-electron chi connectivity index (χ3n) is 6.80. The van der Waals surface area contributed by atoms with Gasteiger partial charge in [0.2, 0.25) is 0 Å². The highest BCUT2D eigenvalue weighted by Crippen LogP contribution is 2.30. The summed E-state index contributed by atoms with van der Waals surface area (Å²) in [6.07, 6.45) is 6.25. The van der Waals surface area contributed by atoms with Gasteiger partial charge in [0.05, 0.1) is 27.9 Å². The monoisotopic (exact) mass is 765 g/mol. The molecule has 14 nitrogen and oxygen atoms in total. The number of phenolic OH excluding ortho intramolecular Hbond substituents is 2. The van der Waals surface area contributed by atoms with Crippen LogP contribution in [0.3, 0.4) is 0 Å². The number of nitrogens with one attached hydrogen (secondary N) is 1. The molecule has 55 heavy (non-hydrogen) atoms. The van der Waals surface area contributed by atoms with Crippen LogP contribution in [0, 0.1) is 0 Å². The lowest BCUT2D eigenvalue weighted by Gasteiger charge is -2.19. The molecule has 0 unspecified atom stereocenters. The number of rotatable bonds is 15. The van der Waals surface area contributed by atoms with Crippen LogP contribution in [0.5, 0.6) is 34.5 Å². The summed E-state index contributed by atoms with van der Waals surface area (Å²) in [5, 5.41) is 21.6. The van der Waals surface area contributed by atoms with E-state index in [4.69, 9.17) is 23.7 Å². The number of ketones is 3. The van der Waals surface area contributed by atoms with Gasteiger partial charge in [0.15, 0.2) is 17.3 Å². The number of nitrogens with zero attached hydrogens (tertiary/aromatic N) is 2. The van der Waals surface area contributed by atoms with E-state index in [9.17, 15) is 29.4 Å². The van der Waals surface area contributed by atoms with Gasteiger partial charge in [0.1, 0.15) is 56.8 Å². The minimum absolute atomic E-state index is 0.0400. The molecule has 0 aromatic heterocycles. The maximum absolute atomic E-state index is 12.5. The van der Waals surface area contributed by atoms with Crippen molar-refractivity contribution in [1.82, 2.24) is 15.1 Å². The fraction of sp³-hybridized carbons (Fsp3) is 0.366. The van der Waals surface area contributed by atoms with E-state index in [1.807, 2.05) is 49.0 Å². The quantitative estimate of drug-likeness (QED) is 0.0869. The zero-order valence-electron chi connectivity index (χ0n) is 33.6. The summed E-state index contributed by atoms with van der Waals surface area (Å²) in [5.41, 5.74) is 0.262. The number of benzene rings is 3. The van der Waals surface area contributed by atoms with Crippen molar-refractivity contribution < 1.29 is 53.1 Å². The molecule has 0 aliphatic rings. The summed E-state index contributed by atoms with van der Waals surface area (Å²) >= 11 is 0.